The van der Waals surface area contributed by atoms with E-state index in [1.165, 1.54) is 24.3 Å². The minimum absolute atomic E-state index is 0.109. The average molecular weight is 289 g/mol. The molecule has 1 fully saturated rings. The number of halogens is 1. The highest BCUT2D eigenvalue weighted by molar-refractivity contribution is 7.94. The Morgan fingerprint density at radius 2 is 1.89 bits per heavy atom. The van der Waals surface area contributed by atoms with Crippen LogP contribution in [0.1, 0.15) is 19.8 Å². The second kappa shape index (κ2) is 4.55. The van der Waals surface area contributed by atoms with E-state index in [1.807, 2.05) is 0 Å². The average Bonchev–Trinajstić information content (AvgIpc) is 3.11. The molecule has 0 saturated heterocycles. The molecule has 0 bridgehead atoms. The third-order valence-electron chi connectivity index (χ3n) is 2.99. The van der Waals surface area contributed by atoms with Gasteiger partial charge in [0.15, 0.2) is 14.6 Å². The van der Waals surface area contributed by atoms with Crippen molar-refractivity contribution >= 4 is 27.4 Å². The molecule has 1 aliphatic carbocycles. The summed E-state index contributed by atoms with van der Waals surface area (Å²) in [6.45, 7) is 1.83. The minimum Gasteiger partial charge on any atom is -0.465 e. The van der Waals surface area contributed by atoms with Gasteiger partial charge in [-0.2, -0.15) is 0 Å². The molecule has 1 aromatic carbocycles. The number of esters is 1. The number of hydrogen-bond donors (Lipinski definition) is 0. The van der Waals surface area contributed by atoms with Crippen LogP contribution in [0.5, 0.6) is 0 Å². The SMILES string of the molecule is CCOC(=O)C1(S(=O)(=O)c2ccc(Cl)cc2)CC1. The number of sulfone groups is 1. The summed E-state index contributed by atoms with van der Waals surface area (Å²) in [5.41, 5.74) is 0. The molecule has 6 heteroatoms. The molecule has 0 heterocycles. The summed E-state index contributed by atoms with van der Waals surface area (Å²) in [5.74, 6) is -0.653. The van der Waals surface area contributed by atoms with Crippen LogP contribution in [0, 0.1) is 0 Å². The Morgan fingerprint density at radius 1 is 1.33 bits per heavy atom. The van der Waals surface area contributed by atoms with Gasteiger partial charge in [0.05, 0.1) is 11.5 Å². The van der Waals surface area contributed by atoms with Gasteiger partial charge in [0.1, 0.15) is 0 Å². The van der Waals surface area contributed by atoms with Crippen LogP contribution in [-0.2, 0) is 19.4 Å². The monoisotopic (exact) mass is 288 g/mol. The molecule has 18 heavy (non-hydrogen) atoms. The Balaban J connectivity index is 2.37. The highest BCUT2D eigenvalue weighted by Crippen LogP contribution is 2.47. The van der Waals surface area contributed by atoms with E-state index in [4.69, 9.17) is 16.3 Å². The van der Waals surface area contributed by atoms with E-state index < -0.39 is 20.6 Å². The van der Waals surface area contributed by atoms with Gasteiger partial charge in [0.2, 0.25) is 0 Å². The number of rotatable bonds is 4. The molecule has 0 amide bonds. The second-order valence-corrected chi connectivity index (χ2v) is 6.87. The first-order valence-corrected chi connectivity index (χ1v) is 7.47. The molecule has 2 rings (SSSR count). The van der Waals surface area contributed by atoms with Gasteiger partial charge < -0.3 is 4.74 Å². The lowest BCUT2D eigenvalue weighted by Crippen LogP contribution is -2.34. The predicted molar refractivity (Wildman–Crippen MR) is 67.2 cm³/mol. The van der Waals surface area contributed by atoms with E-state index in [9.17, 15) is 13.2 Å². The van der Waals surface area contributed by atoms with Crippen LogP contribution in [0.3, 0.4) is 0 Å². The summed E-state index contributed by atoms with van der Waals surface area (Å²) in [6.07, 6.45) is 0.633. The first-order chi connectivity index (χ1) is 8.44. The second-order valence-electron chi connectivity index (χ2n) is 4.17. The van der Waals surface area contributed by atoms with Crippen molar-refractivity contribution < 1.29 is 17.9 Å². The van der Waals surface area contributed by atoms with E-state index in [0.29, 0.717) is 17.9 Å². The van der Waals surface area contributed by atoms with Crippen molar-refractivity contribution in [2.75, 3.05) is 6.61 Å². The Hall–Kier alpha value is -1.07. The molecule has 1 aliphatic rings. The largest absolute Gasteiger partial charge is 0.465 e. The molecular weight excluding hydrogens is 276 g/mol. The van der Waals surface area contributed by atoms with Crippen LogP contribution in [0.15, 0.2) is 29.2 Å². The van der Waals surface area contributed by atoms with Gasteiger partial charge in [0.25, 0.3) is 0 Å². The van der Waals surface area contributed by atoms with Crippen molar-refractivity contribution in [2.24, 2.45) is 0 Å². The number of benzene rings is 1. The minimum atomic E-state index is -3.70. The quantitative estimate of drug-likeness (QED) is 0.797. The molecule has 0 aromatic heterocycles. The fourth-order valence-corrected chi connectivity index (χ4v) is 3.79. The van der Waals surface area contributed by atoms with Crippen molar-refractivity contribution in [2.45, 2.75) is 29.4 Å². The van der Waals surface area contributed by atoms with Crippen molar-refractivity contribution in [1.29, 1.82) is 0 Å². The van der Waals surface area contributed by atoms with Crippen LogP contribution in [0.4, 0.5) is 0 Å². The lowest BCUT2D eigenvalue weighted by atomic mass is 10.4. The number of ether oxygens (including phenoxy) is 1. The van der Waals surface area contributed by atoms with E-state index in [1.54, 1.807) is 6.92 Å². The molecule has 0 atom stereocenters. The standard InChI is InChI=1S/C12H13ClO4S/c1-2-17-11(14)12(7-8-12)18(15,16)10-5-3-9(13)4-6-10/h3-6H,2,7-8H2,1H3. The third kappa shape index (κ3) is 2.01. The lowest BCUT2D eigenvalue weighted by molar-refractivity contribution is -0.143. The van der Waals surface area contributed by atoms with Crippen molar-refractivity contribution in [3.05, 3.63) is 29.3 Å². The maximum Gasteiger partial charge on any atom is 0.327 e. The van der Waals surface area contributed by atoms with Gasteiger partial charge in [-0.15, -0.1) is 0 Å². The van der Waals surface area contributed by atoms with Crippen LogP contribution in [-0.4, -0.2) is 25.7 Å². The summed E-state index contributed by atoms with van der Waals surface area (Å²) in [6, 6.07) is 5.82. The normalized spacial score (nSPS) is 17.2. The van der Waals surface area contributed by atoms with Crippen LogP contribution in [0.2, 0.25) is 5.02 Å². The summed E-state index contributed by atoms with van der Waals surface area (Å²) in [7, 11) is -3.70. The summed E-state index contributed by atoms with van der Waals surface area (Å²) in [5, 5.41) is 0.454. The molecule has 1 aromatic rings. The summed E-state index contributed by atoms with van der Waals surface area (Å²) >= 11 is 5.72. The van der Waals surface area contributed by atoms with Crippen LogP contribution in [0.25, 0.3) is 0 Å². The topological polar surface area (TPSA) is 60.4 Å². The van der Waals surface area contributed by atoms with Crippen molar-refractivity contribution in [3.63, 3.8) is 0 Å². The Labute approximate surface area is 111 Å². The van der Waals surface area contributed by atoms with Gasteiger partial charge >= 0.3 is 5.97 Å². The summed E-state index contributed by atoms with van der Waals surface area (Å²) in [4.78, 5) is 11.9. The van der Waals surface area contributed by atoms with Gasteiger partial charge in [-0.1, -0.05) is 11.6 Å². The fraction of sp³-hybridized carbons (Fsp3) is 0.417. The Bertz CT molecular complexity index is 558. The molecule has 98 valence electrons. The maximum atomic E-state index is 12.4. The zero-order valence-corrected chi connectivity index (χ0v) is 11.4. The highest BCUT2D eigenvalue weighted by atomic mass is 35.5. The van der Waals surface area contributed by atoms with E-state index in [-0.39, 0.29) is 11.5 Å². The van der Waals surface area contributed by atoms with Crippen molar-refractivity contribution in [3.8, 4) is 0 Å². The van der Waals surface area contributed by atoms with Crippen LogP contribution >= 0.6 is 11.6 Å². The fourth-order valence-electron chi connectivity index (χ4n) is 1.80. The van der Waals surface area contributed by atoms with Crippen LogP contribution < -0.4 is 0 Å². The molecule has 0 radical (unpaired) electrons. The first kappa shape index (κ1) is 13.4. The lowest BCUT2D eigenvalue weighted by Gasteiger charge is -2.14. The van der Waals surface area contributed by atoms with Gasteiger partial charge in [-0.3, -0.25) is 4.79 Å². The van der Waals surface area contributed by atoms with Gasteiger partial charge in [-0.05, 0) is 44.0 Å². The number of hydrogen-bond acceptors (Lipinski definition) is 4. The molecule has 0 spiro atoms. The van der Waals surface area contributed by atoms with Crippen molar-refractivity contribution in [1.82, 2.24) is 0 Å². The maximum absolute atomic E-state index is 12.4. The Kier molecular flexibility index (Phi) is 3.38. The molecule has 4 nitrogen and oxygen atoms in total. The summed E-state index contributed by atoms with van der Waals surface area (Å²) < 4.78 is 28.3. The van der Waals surface area contributed by atoms with Gasteiger partial charge in [-0.25, -0.2) is 8.42 Å². The number of carbonyl (C=O) groups excluding carboxylic acids is 1. The number of carbonyl (C=O) groups is 1. The molecule has 0 aliphatic heterocycles. The molecule has 1 saturated carbocycles. The van der Waals surface area contributed by atoms with E-state index >= 15 is 0 Å². The predicted octanol–water partition coefficient (Wildman–Crippen LogP) is 2.21. The highest BCUT2D eigenvalue weighted by Gasteiger charge is 2.62. The van der Waals surface area contributed by atoms with Gasteiger partial charge in [0, 0.05) is 5.02 Å². The smallest absolute Gasteiger partial charge is 0.327 e. The molecule has 0 N–H and O–H groups in total. The Morgan fingerprint density at radius 3 is 2.33 bits per heavy atom. The van der Waals surface area contributed by atoms with E-state index in [0.717, 1.165) is 0 Å². The van der Waals surface area contributed by atoms with E-state index in [2.05, 4.69) is 0 Å². The third-order valence-corrected chi connectivity index (χ3v) is 5.74. The first-order valence-electron chi connectivity index (χ1n) is 5.61. The molecule has 0 unspecified atom stereocenters. The zero-order chi connectivity index (χ0) is 13.4. The molecular formula is C12H13ClO4S. The zero-order valence-electron chi connectivity index (χ0n) is 9.85.